The van der Waals surface area contributed by atoms with Gasteiger partial charge in [-0.05, 0) is 22.8 Å². The van der Waals surface area contributed by atoms with Gasteiger partial charge < -0.3 is 9.47 Å². The van der Waals surface area contributed by atoms with Crippen LogP contribution in [0.25, 0.3) is 0 Å². The van der Waals surface area contributed by atoms with E-state index >= 15 is 0 Å². The first-order chi connectivity index (χ1) is 12.3. The molecule has 3 aromatic rings. The van der Waals surface area contributed by atoms with E-state index in [2.05, 4.69) is 0 Å². The third-order valence-corrected chi connectivity index (χ3v) is 3.82. The molecule has 3 rings (SSSR count). The molecule has 3 heteroatoms. The molecule has 3 aromatic carbocycles. The molecule has 0 radical (unpaired) electrons. The number of benzene rings is 3. The Morgan fingerprint density at radius 1 is 0.640 bits per heavy atom. The van der Waals surface area contributed by atoms with Crippen molar-refractivity contribution in [2.45, 2.75) is 19.8 Å². The van der Waals surface area contributed by atoms with Crippen LogP contribution in [0.5, 0.6) is 0 Å². The average Bonchev–Trinajstić information content (AvgIpc) is 2.68. The molecule has 0 heterocycles. The number of carbonyl (C=O) groups excluding carboxylic acids is 1. The zero-order valence-electron chi connectivity index (χ0n) is 13.9. The quantitative estimate of drug-likeness (QED) is 0.585. The van der Waals surface area contributed by atoms with Crippen LogP contribution < -0.4 is 0 Å². The highest BCUT2D eigenvalue weighted by atomic mass is 16.5. The van der Waals surface area contributed by atoms with Gasteiger partial charge in [0.15, 0.2) is 0 Å². The van der Waals surface area contributed by atoms with Crippen molar-refractivity contribution in [1.29, 1.82) is 0 Å². The first-order valence-corrected chi connectivity index (χ1v) is 8.23. The Balaban J connectivity index is 1.59. The van der Waals surface area contributed by atoms with E-state index in [1.54, 1.807) is 6.07 Å². The molecule has 0 aromatic heterocycles. The van der Waals surface area contributed by atoms with Gasteiger partial charge in [0.1, 0.15) is 6.61 Å². The average molecular weight is 332 g/mol. The topological polar surface area (TPSA) is 35.5 Å². The van der Waals surface area contributed by atoms with E-state index in [-0.39, 0.29) is 12.6 Å². The zero-order valence-corrected chi connectivity index (χ0v) is 13.9. The summed E-state index contributed by atoms with van der Waals surface area (Å²) < 4.78 is 11.2. The molecule has 0 aliphatic rings. The predicted molar refractivity (Wildman–Crippen MR) is 96.9 cm³/mol. The molecule has 25 heavy (non-hydrogen) atoms. The summed E-state index contributed by atoms with van der Waals surface area (Å²) in [6, 6.07) is 27.0. The lowest BCUT2D eigenvalue weighted by molar-refractivity contribution is 0.0463. The van der Waals surface area contributed by atoms with Crippen molar-refractivity contribution >= 4 is 5.97 Å². The van der Waals surface area contributed by atoms with E-state index in [4.69, 9.17) is 9.47 Å². The van der Waals surface area contributed by atoms with Crippen molar-refractivity contribution in [1.82, 2.24) is 0 Å². The van der Waals surface area contributed by atoms with Gasteiger partial charge in [0.05, 0.1) is 18.8 Å². The van der Waals surface area contributed by atoms with Gasteiger partial charge in [-0.15, -0.1) is 0 Å². The number of carbonyl (C=O) groups is 1. The fraction of sp³-hybridized carbons (Fsp3) is 0.136. The maximum absolute atomic E-state index is 12.4. The molecule has 0 N–H and O–H groups in total. The summed E-state index contributed by atoms with van der Waals surface area (Å²) in [6.45, 7) is 1.14. The van der Waals surface area contributed by atoms with Crippen LogP contribution in [-0.4, -0.2) is 5.97 Å². The fourth-order valence-electron chi connectivity index (χ4n) is 2.50. The summed E-state index contributed by atoms with van der Waals surface area (Å²) in [7, 11) is 0. The van der Waals surface area contributed by atoms with E-state index in [0.29, 0.717) is 18.8 Å². The Hall–Kier alpha value is -2.91. The van der Waals surface area contributed by atoms with Crippen LogP contribution in [0.2, 0.25) is 0 Å². The number of hydrogen-bond donors (Lipinski definition) is 0. The second kappa shape index (κ2) is 8.81. The summed E-state index contributed by atoms with van der Waals surface area (Å²) in [4.78, 5) is 12.4. The molecule has 0 saturated heterocycles. The van der Waals surface area contributed by atoms with E-state index < -0.39 is 0 Å². The molecule has 0 aliphatic heterocycles. The minimum absolute atomic E-state index is 0.263. The van der Waals surface area contributed by atoms with Crippen LogP contribution in [0.4, 0.5) is 0 Å². The van der Waals surface area contributed by atoms with E-state index in [9.17, 15) is 4.79 Å². The SMILES string of the molecule is O=C(OCc1ccccc1)c1ccccc1COCc1ccccc1. The summed E-state index contributed by atoms with van der Waals surface area (Å²) in [5, 5.41) is 0. The second-order valence-corrected chi connectivity index (χ2v) is 5.70. The van der Waals surface area contributed by atoms with Gasteiger partial charge in [0.25, 0.3) is 0 Å². The largest absolute Gasteiger partial charge is 0.457 e. The molecule has 3 nitrogen and oxygen atoms in total. The van der Waals surface area contributed by atoms with Crippen molar-refractivity contribution in [2.24, 2.45) is 0 Å². The van der Waals surface area contributed by atoms with E-state index in [1.165, 1.54) is 0 Å². The summed E-state index contributed by atoms with van der Waals surface area (Å²) in [5.41, 5.74) is 3.45. The molecule has 126 valence electrons. The molecular formula is C22H20O3. The smallest absolute Gasteiger partial charge is 0.338 e. The van der Waals surface area contributed by atoms with Crippen molar-refractivity contribution in [2.75, 3.05) is 0 Å². The van der Waals surface area contributed by atoms with Crippen LogP contribution in [0.3, 0.4) is 0 Å². The highest BCUT2D eigenvalue weighted by Gasteiger charge is 2.12. The van der Waals surface area contributed by atoms with Crippen molar-refractivity contribution in [3.05, 3.63) is 107 Å². The molecule has 0 atom stereocenters. The lowest BCUT2D eigenvalue weighted by Gasteiger charge is -2.10. The molecule has 0 unspecified atom stereocenters. The van der Waals surface area contributed by atoms with Crippen LogP contribution in [0.15, 0.2) is 84.9 Å². The molecule has 0 spiro atoms. The first-order valence-electron chi connectivity index (χ1n) is 8.23. The van der Waals surface area contributed by atoms with Gasteiger partial charge in [-0.3, -0.25) is 0 Å². The standard InChI is InChI=1S/C22H20O3/c23-22(25-16-19-11-5-2-6-12-19)21-14-8-7-13-20(21)17-24-15-18-9-3-1-4-10-18/h1-14H,15-17H2. The minimum Gasteiger partial charge on any atom is -0.457 e. The number of rotatable bonds is 7. The Labute approximate surface area is 147 Å². The predicted octanol–water partition coefficient (Wildman–Crippen LogP) is 4.76. The Bertz CT molecular complexity index is 798. The number of ether oxygens (including phenoxy) is 2. The van der Waals surface area contributed by atoms with Crippen LogP contribution in [0, 0.1) is 0 Å². The first kappa shape index (κ1) is 16.9. The zero-order chi connectivity index (χ0) is 17.3. The third-order valence-electron chi connectivity index (χ3n) is 3.82. The lowest BCUT2D eigenvalue weighted by atomic mass is 10.1. The molecular weight excluding hydrogens is 312 g/mol. The Morgan fingerprint density at radius 2 is 1.20 bits per heavy atom. The van der Waals surface area contributed by atoms with Gasteiger partial charge in [-0.1, -0.05) is 78.9 Å². The Kier molecular flexibility index (Phi) is 5.96. The Morgan fingerprint density at radius 3 is 1.88 bits per heavy atom. The molecule has 0 saturated carbocycles. The van der Waals surface area contributed by atoms with Gasteiger partial charge in [-0.25, -0.2) is 4.79 Å². The van der Waals surface area contributed by atoms with Gasteiger partial charge in [0, 0.05) is 0 Å². The maximum atomic E-state index is 12.4. The minimum atomic E-state index is -0.331. The molecule has 0 aliphatic carbocycles. The maximum Gasteiger partial charge on any atom is 0.338 e. The summed E-state index contributed by atoms with van der Waals surface area (Å²) >= 11 is 0. The van der Waals surface area contributed by atoms with Gasteiger partial charge in [-0.2, -0.15) is 0 Å². The van der Waals surface area contributed by atoms with Crippen LogP contribution in [-0.2, 0) is 29.3 Å². The number of esters is 1. The van der Waals surface area contributed by atoms with E-state index in [1.807, 2.05) is 78.9 Å². The van der Waals surface area contributed by atoms with Crippen molar-refractivity contribution in [3.8, 4) is 0 Å². The highest BCUT2D eigenvalue weighted by molar-refractivity contribution is 5.91. The second-order valence-electron chi connectivity index (χ2n) is 5.70. The molecule has 0 amide bonds. The van der Waals surface area contributed by atoms with Gasteiger partial charge >= 0.3 is 5.97 Å². The van der Waals surface area contributed by atoms with Crippen molar-refractivity contribution in [3.63, 3.8) is 0 Å². The van der Waals surface area contributed by atoms with Crippen LogP contribution >= 0.6 is 0 Å². The van der Waals surface area contributed by atoms with E-state index in [0.717, 1.165) is 16.7 Å². The molecule has 0 bridgehead atoms. The number of hydrogen-bond acceptors (Lipinski definition) is 3. The summed E-state index contributed by atoms with van der Waals surface area (Å²) in [6.07, 6.45) is 0. The molecule has 0 fully saturated rings. The van der Waals surface area contributed by atoms with Crippen molar-refractivity contribution < 1.29 is 14.3 Å². The summed E-state index contributed by atoms with van der Waals surface area (Å²) in [5.74, 6) is -0.331. The third kappa shape index (κ3) is 5.03. The van der Waals surface area contributed by atoms with Crippen LogP contribution in [0.1, 0.15) is 27.0 Å². The lowest BCUT2D eigenvalue weighted by Crippen LogP contribution is -2.09. The fourth-order valence-corrected chi connectivity index (χ4v) is 2.50. The highest BCUT2D eigenvalue weighted by Crippen LogP contribution is 2.14. The normalized spacial score (nSPS) is 10.4. The van der Waals surface area contributed by atoms with Gasteiger partial charge in [0.2, 0.25) is 0 Å². The monoisotopic (exact) mass is 332 g/mol.